The third kappa shape index (κ3) is 2.39. The summed E-state index contributed by atoms with van der Waals surface area (Å²) in [6.07, 6.45) is 2.04. The van der Waals surface area contributed by atoms with E-state index >= 15 is 0 Å². The van der Waals surface area contributed by atoms with Crippen molar-refractivity contribution in [2.24, 2.45) is 11.1 Å². The van der Waals surface area contributed by atoms with E-state index in [1.807, 2.05) is 0 Å². The summed E-state index contributed by atoms with van der Waals surface area (Å²) in [4.78, 5) is 0. The minimum atomic E-state index is -0.0780. The zero-order chi connectivity index (χ0) is 13.6. The summed E-state index contributed by atoms with van der Waals surface area (Å²) in [7, 11) is 0. The Morgan fingerprint density at radius 3 is 2.67 bits per heavy atom. The maximum Gasteiger partial charge on any atom is 0.123 e. The van der Waals surface area contributed by atoms with Gasteiger partial charge in [0.1, 0.15) is 11.4 Å². The summed E-state index contributed by atoms with van der Waals surface area (Å²) in [5.74, 6) is 1.02. The number of nitrogens with two attached hydrogens (primary N) is 1. The molecule has 1 aliphatic rings. The van der Waals surface area contributed by atoms with Crippen LogP contribution in [-0.4, -0.2) is 5.60 Å². The summed E-state index contributed by atoms with van der Waals surface area (Å²) >= 11 is 0. The van der Waals surface area contributed by atoms with Gasteiger partial charge in [-0.25, -0.2) is 0 Å². The topological polar surface area (TPSA) is 35.2 Å². The molecule has 1 aliphatic heterocycles. The van der Waals surface area contributed by atoms with Gasteiger partial charge in [-0.15, -0.1) is 0 Å². The summed E-state index contributed by atoms with van der Waals surface area (Å²) < 4.78 is 5.90. The van der Waals surface area contributed by atoms with Crippen LogP contribution >= 0.6 is 0 Å². The molecule has 0 bridgehead atoms. The normalized spacial score (nSPS) is 19.2. The van der Waals surface area contributed by atoms with Gasteiger partial charge >= 0.3 is 0 Å². The molecular weight excluding hydrogens is 222 g/mol. The van der Waals surface area contributed by atoms with E-state index in [1.54, 1.807) is 0 Å². The van der Waals surface area contributed by atoms with E-state index < -0.39 is 0 Å². The van der Waals surface area contributed by atoms with Crippen molar-refractivity contribution in [2.75, 3.05) is 0 Å². The predicted molar refractivity (Wildman–Crippen MR) is 75.9 cm³/mol. The number of benzene rings is 1. The molecule has 2 nitrogen and oxygen atoms in total. The van der Waals surface area contributed by atoms with Gasteiger partial charge < -0.3 is 10.5 Å². The summed E-state index contributed by atoms with van der Waals surface area (Å²) in [6, 6.07) is 6.50. The lowest BCUT2D eigenvalue weighted by Gasteiger charge is -2.31. The molecule has 1 heterocycles. The zero-order valence-corrected chi connectivity index (χ0v) is 12.2. The minimum Gasteiger partial charge on any atom is -0.487 e. The van der Waals surface area contributed by atoms with Gasteiger partial charge in [-0.3, -0.25) is 0 Å². The van der Waals surface area contributed by atoms with Gasteiger partial charge in [0.05, 0.1) is 0 Å². The Kier molecular flexibility index (Phi) is 3.18. The van der Waals surface area contributed by atoms with Crippen molar-refractivity contribution in [1.29, 1.82) is 0 Å². The molecule has 1 atom stereocenters. The first kappa shape index (κ1) is 13.4. The molecular formula is C16H25NO. The molecule has 1 aromatic rings. The van der Waals surface area contributed by atoms with Crippen LogP contribution in [-0.2, 0) is 6.42 Å². The highest BCUT2D eigenvalue weighted by atomic mass is 16.5. The standard InChI is InChI=1S/C16H25NO/c1-6-15(2,3)14(17)11-7-8-13-12(9-11)10-16(4,5)18-13/h7-9,14H,6,10,17H2,1-5H3. The van der Waals surface area contributed by atoms with E-state index in [2.05, 4.69) is 52.8 Å². The van der Waals surface area contributed by atoms with E-state index in [0.717, 1.165) is 18.6 Å². The Morgan fingerprint density at radius 2 is 2.06 bits per heavy atom. The van der Waals surface area contributed by atoms with Crippen LogP contribution in [0.3, 0.4) is 0 Å². The number of rotatable bonds is 3. The van der Waals surface area contributed by atoms with Crippen LogP contribution in [0, 0.1) is 5.41 Å². The molecule has 1 aromatic carbocycles. The molecule has 100 valence electrons. The maximum absolute atomic E-state index is 6.40. The van der Waals surface area contributed by atoms with E-state index in [1.165, 1.54) is 11.1 Å². The van der Waals surface area contributed by atoms with Crippen molar-refractivity contribution >= 4 is 0 Å². The minimum absolute atomic E-state index is 0.0780. The van der Waals surface area contributed by atoms with E-state index in [9.17, 15) is 0 Å². The highest BCUT2D eigenvalue weighted by Gasteiger charge is 2.32. The van der Waals surface area contributed by atoms with Crippen LogP contribution in [0.2, 0.25) is 0 Å². The molecule has 0 saturated carbocycles. The van der Waals surface area contributed by atoms with Crippen molar-refractivity contribution in [3.63, 3.8) is 0 Å². The van der Waals surface area contributed by atoms with Gasteiger partial charge in [0, 0.05) is 12.5 Å². The lowest BCUT2D eigenvalue weighted by atomic mass is 9.78. The fraction of sp³-hybridized carbons (Fsp3) is 0.625. The van der Waals surface area contributed by atoms with Gasteiger partial charge in [-0.1, -0.05) is 32.9 Å². The smallest absolute Gasteiger partial charge is 0.123 e. The van der Waals surface area contributed by atoms with Gasteiger partial charge in [0.2, 0.25) is 0 Å². The van der Waals surface area contributed by atoms with Crippen LogP contribution in [0.4, 0.5) is 0 Å². The number of hydrogen-bond donors (Lipinski definition) is 1. The molecule has 0 amide bonds. The molecule has 2 heteroatoms. The Bertz CT molecular complexity index is 448. The van der Waals surface area contributed by atoms with E-state index in [0.29, 0.717) is 0 Å². The van der Waals surface area contributed by atoms with Gasteiger partial charge in [-0.2, -0.15) is 0 Å². The van der Waals surface area contributed by atoms with Gasteiger partial charge in [0.25, 0.3) is 0 Å². The third-order valence-corrected chi connectivity index (χ3v) is 4.20. The van der Waals surface area contributed by atoms with Crippen LogP contribution < -0.4 is 10.5 Å². The largest absolute Gasteiger partial charge is 0.487 e. The fourth-order valence-electron chi connectivity index (χ4n) is 2.49. The van der Waals surface area contributed by atoms with Crippen LogP contribution in [0.1, 0.15) is 58.2 Å². The Labute approximate surface area is 111 Å². The van der Waals surface area contributed by atoms with Crippen molar-refractivity contribution in [2.45, 2.75) is 59.1 Å². The van der Waals surface area contributed by atoms with E-state index in [4.69, 9.17) is 10.5 Å². The summed E-state index contributed by atoms with van der Waals surface area (Å²) in [5, 5.41) is 0. The Morgan fingerprint density at radius 1 is 1.39 bits per heavy atom. The second kappa shape index (κ2) is 4.27. The molecule has 0 fully saturated rings. The molecule has 0 radical (unpaired) electrons. The first-order chi connectivity index (χ1) is 8.25. The summed E-state index contributed by atoms with van der Waals surface area (Å²) in [5.41, 5.74) is 8.97. The SMILES string of the molecule is CCC(C)(C)C(N)c1ccc2c(c1)CC(C)(C)O2. The molecule has 0 spiro atoms. The number of ether oxygens (including phenoxy) is 1. The average Bonchev–Trinajstić information content (AvgIpc) is 2.60. The first-order valence-corrected chi connectivity index (χ1v) is 6.82. The van der Waals surface area contributed by atoms with Crippen molar-refractivity contribution in [1.82, 2.24) is 0 Å². The van der Waals surface area contributed by atoms with E-state index in [-0.39, 0.29) is 17.1 Å². The maximum atomic E-state index is 6.40. The second-order valence-corrected chi connectivity index (χ2v) is 6.73. The average molecular weight is 247 g/mol. The second-order valence-electron chi connectivity index (χ2n) is 6.73. The highest BCUT2D eigenvalue weighted by Crippen LogP contribution is 2.39. The van der Waals surface area contributed by atoms with Gasteiger partial charge in [-0.05, 0) is 42.9 Å². The van der Waals surface area contributed by atoms with Crippen molar-refractivity contribution in [3.8, 4) is 5.75 Å². The van der Waals surface area contributed by atoms with Crippen molar-refractivity contribution < 1.29 is 4.74 Å². The van der Waals surface area contributed by atoms with Crippen LogP contribution in [0.25, 0.3) is 0 Å². The monoisotopic (exact) mass is 247 g/mol. The van der Waals surface area contributed by atoms with Crippen LogP contribution in [0.15, 0.2) is 18.2 Å². The molecule has 1 unspecified atom stereocenters. The number of fused-ring (bicyclic) bond motifs is 1. The predicted octanol–water partition coefficient (Wildman–Crippen LogP) is 3.84. The third-order valence-electron chi connectivity index (χ3n) is 4.20. The molecule has 0 aliphatic carbocycles. The number of hydrogen-bond acceptors (Lipinski definition) is 2. The Balaban J connectivity index is 2.29. The van der Waals surface area contributed by atoms with Gasteiger partial charge in [0.15, 0.2) is 0 Å². The molecule has 2 rings (SSSR count). The lowest BCUT2D eigenvalue weighted by Crippen LogP contribution is -2.28. The highest BCUT2D eigenvalue weighted by molar-refractivity contribution is 5.43. The Hall–Kier alpha value is -1.02. The molecule has 0 aromatic heterocycles. The zero-order valence-electron chi connectivity index (χ0n) is 12.2. The van der Waals surface area contributed by atoms with Crippen molar-refractivity contribution in [3.05, 3.63) is 29.3 Å². The molecule has 18 heavy (non-hydrogen) atoms. The molecule has 2 N–H and O–H groups in total. The summed E-state index contributed by atoms with van der Waals surface area (Å²) in [6.45, 7) is 10.9. The first-order valence-electron chi connectivity index (χ1n) is 6.82. The lowest BCUT2D eigenvalue weighted by molar-refractivity contribution is 0.138. The quantitative estimate of drug-likeness (QED) is 0.881. The molecule has 0 saturated heterocycles. The fourth-order valence-corrected chi connectivity index (χ4v) is 2.49. The van der Waals surface area contributed by atoms with Crippen LogP contribution in [0.5, 0.6) is 5.75 Å².